The van der Waals surface area contributed by atoms with Gasteiger partial charge < -0.3 is 14.2 Å². The van der Waals surface area contributed by atoms with Gasteiger partial charge in [-0.25, -0.2) is 9.80 Å². The summed E-state index contributed by atoms with van der Waals surface area (Å²) in [7, 11) is 3.13. The van der Waals surface area contributed by atoms with Crippen LogP contribution in [0.5, 0.6) is 17.2 Å². The Bertz CT molecular complexity index is 1240. The molecule has 0 aliphatic carbocycles. The number of nitrogens with zero attached hydrogens (tertiary/aromatic N) is 2. The Morgan fingerprint density at radius 1 is 0.941 bits per heavy atom. The Morgan fingerprint density at radius 3 is 2.21 bits per heavy atom. The van der Waals surface area contributed by atoms with Crippen molar-refractivity contribution in [3.63, 3.8) is 0 Å². The minimum atomic E-state index is -0.542. The summed E-state index contributed by atoms with van der Waals surface area (Å²) in [5.74, 6) is 0.807. The molecule has 1 heterocycles. The predicted octanol–water partition coefficient (Wildman–Crippen LogP) is 5.27. The van der Waals surface area contributed by atoms with Crippen molar-refractivity contribution in [3.8, 4) is 17.2 Å². The van der Waals surface area contributed by atoms with Crippen LogP contribution in [0.2, 0.25) is 5.02 Å². The number of rotatable bonds is 6. The van der Waals surface area contributed by atoms with Crippen molar-refractivity contribution >= 4 is 29.2 Å². The van der Waals surface area contributed by atoms with Crippen LogP contribution in [-0.4, -0.2) is 36.8 Å². The monoisotopic (exact) mass is 478 g/mol. The Balaban J connectivity index is 1.67. The van der Waals surface area contributed by atoms with E-state index in [4.69, 9.17) is 25.8 Å². The van der Waals surface area contributed by atoms with E-state index in [1.807, 2.05) is 24.3 Å². The molecule has 1 atom stereocenters. The molecule has 174 valence electrons. The van der Waals surface area contributed by atoms with E-state index in [0.29, 0.717) is 34.0 Å². The van der Waals surface area contributed by atoms with Gasteiger partial charge in [-0.2, -0.15) is 5.10 Å². The van der Waals surface area contributed by atoms with E-state index >= 15 is 0 Å². The maximum Gasteiger partial charge on any atom is 0.343 e. The van der Waals surface area contributed by atoms with Crippen molar-refractivity contribution < 1.29 is 23.8 Å². The van der Waals surface area contributed by atoms with Crippen molar-refractivity contribution in [1.29, 1.82) is 0 Å². The summed E-state index contributed by atoms with van der Waals surface area (Å²) in [5, 5.41) is 6.56. The van der Waals surface area contributed by atoms with Crippen molar-refractivity contribution in [2.45, 2.75) is 19.4 Å². The van der Waals surface area contributed by atoms with Gasteiger partial charge >= 0.3 is 5.97 Å². The van der Waals surface area contributed by atoms with Crippen LogP contribution in [0.4, 0.5) is 0 Å². The maximum absolute atomic E-state index is 12.8. The zero-order chi connectivity index (χ0) is 24.2. The highest BCUT2D eigenvalue weighted by molar-refractivity contribution is 6.30. The predicted molar refractivity (Wildman–Crippen MR) is 129 cm³/mol. The van der Waals surface area contributed by atoms with Gasteiger partial charge in [0, 0.05) is 30.0 Å². The van der Waals surface area contributed by atoms with Gasteiger partial charge in [-0.05, 0) is 54.1 Å². The van der Waals surface area contributed by atoms with Gasteiger partial charge in [0.25, 0.3) is 0 Å². The smallest absolute Gasteiger partial charge is 0.343 e. The van der Waals surface area contributed by atoms with E-state index in [1.165, 1.54) is 19.0 Å². The first-order valence-corrected chi connectivity index (χ1v) is 10.9. The zero-order valence-electron chi connectivity index (χ0n) is 18.9. The molecule has 0 spiro atoms. The molecule has 0 fully saturated rings. The van der Waals surface area contributed by atoms with Gasteiger partial charge in [-0.3, -0.25) is 4.79 Å². The number of ether oxygens (including phenoxy) is 3. The third-order valence-corrected chi connectivity index (χ3v) is 5.77. The molecule has 7 nitrogen and oxygen atoms in total. The fourth-order valence-electron chi connectivity index (χ4n) is 3.75. The number of esters is 1. The first-order valence-electron chi connectivity index (χ1n) is 10.6. The second-order valence-electron chi connectivity index (χ2n) is 7.66. The second-order valence-corrected chi connectivity index (χ2v) is 8.10. The van der Waals surface area contributed by atoms with Crippen LogP contribution in [-0.2, 0) is 4.79 Å². The summed E-state index contributed by atoms with van der Waals surface area (Å²) in [6, 6.07) is 18.8. The van der Waals surface area contributed by atoms with E-state index in [-0.39, 0.29) is 17.7 Å². The molecule has 1 aliphatic rings. The number of amides is 1. The van der Waals surface area contributed by atoms with Crippen LogP contribution in [0, 0.1) is 0 Å². The lowest BCUT2D eigenvalue weighted by Crippen LogP contribution is -2.24. The summed E-state index contributed by atoms with van der Waals surface area (Å²) in [6.45, 7) is 1.47. The quantitative estimate of drug-likeness (QED) is 0.356. The lowest BCUT2D eigenvalue weighted by molar-refractivity contribution is -0.130. The minimum absolute atomic E-state index is 0.191. The molecule has 0 saturated heterocycles. The fraction of sp³-hybridized carbons (Fsp3) is 0.192. The first kappa shape index (κ1) is 23.3. The minimum Gasteiger partial charge on any atom is -0.497 e. The molecule has 0 saturated carbocycles. The van der Waals surface area contributed by atoms with Gasteiger partial charge in [-0.15, -0.1) is 0 Å². The van der Waals surface area contributed by atoms with Gasteiger partial charge in [0.15, 0.2) is 0 Å². The van der Waals surface area contributed by atoms with E-state index in [0.717, 1.165) is 11.3 Å². The molecule has 0 aromatic heterocycles. The van der Waals surface area contributed by atoms with Crippen LogP contribution in [0.15, 0.2) is 71.8 Å². The molecular formula is C26H23ClN2O5. The summed E-state index contributed by atoms with van der Waals surface area (Å²) in [4.78, 5) is 25.2. The van der Waals surface area contributed by atoms with Crippen LogP contribution in [0.1, 0.15) is 40.9 Å². The van der Waals surface area contributed by atoms with Crippen molar-refractivity contribution in [3.05, 3.63) is 88.4 Å². The third kappa shape index (κ3) is 4.89. The van der Waals surface area contributed by atoms with E-state index < -0.39 is 5.97 Å². The molecule has 3 aromatic rings. The molecule has 0 radical (unpaired) electrons. The number of benzene rings is 3. The number of carbonyl (C=O) groups is 2. The van der Waals surface area contributed by atoms with Crippen LogP contribution in [0.3, 0.4) is 0 Å². The van der Waals surface area contributed by atoms with Gasteiger partial charge in [0.05, 0.1) is 31.5 Å². The molecule has 0 bridgehead atoms. The Labute approximate surface area is 202 Å². The highest BCUT2D eigenvalue weighted by Gasteiger charge is 2.33. The highest BCUT2D eigenvalue weighted by Crippen LogP contribution is 2.37. The average Bonchev–Trinajstić information content (AvgIpc) is 3.30. The summed E-state index contributed by atoms with van der Waals surface area (Å²) in [6.07, 6.45) is 0.448. The van der Waals surface area contributed by atoms with Crippen molar-refractivity contribution in [2.24, 2.45) is 5.10 Å². The molecule has 8 heteroatoms. The van der Waals surface area contributed by atoms with Crippen molar-refractivity contribution in [1.82, 2.24) is 5.01 Å². The Hall–Kier alpha value is -3.84. The van der Waals surface area contributed by atoms with Gasteiger partial charge in [0.2, 0.25) is 5.91 Å². The first-order chi connectivity index (χ1) is 16.4. The van der Waals surface area contributed by atoms with E-state index in [1.54, 1.807) is 49.6 Å². The normalized spacial score (nSPS) is 15.0. The summed E-state index contributed by atoms with van der Waals surface area (Å²) >= 11 is 5.92. The second kappa shape index (κ2) is 9.97. The lowest BCUT2D eigenvalue weighted by atomic mass is 9.97. The summed E-state index contributed by atoms with van der Waals surface area (Å²) in [5.41, 5.74) is 2.50. The molecule has 1 aliphatic heterocycles. The van der Waals surface area contributed by atoms with Crippen LogP contribution in [0.25, 0.3) is 0 Å². The van der Waals surface area contributed by atoms with E-state index in [9.17, 15) is 9.59 Å². The van der Waals surface area contributed by atoms with Crippen molar-refractivity contribution in [2.75, 3.05) is 14.2 Å². The van der Waals surface area contributed by atoms with Gasteiger partial charge in [-0.1, -0.05) is 23.7 Å². The number of hydrazone groups is 1. The standard InChI is InChI=1S/C26H23ClN2O5/c1-16(30)29-24(17-6-10-20(32-2)11-7-17)15-23(28-29)22-13-12-21(33-3)14-25(22)34-26(31)18-4-8-19(27)9-5-18/h4-14,24H,15H2,1-3H3/t24-/m0/s1. The third-order valence-electron chi connectivity index (χ3n) is 5.52. The molecule has 34 heavy (non-hydrogen) atoms. The number of carbonyl (C=O) groups excluding carboxylic acids is 2. The Morgan fingerprint density at radius 2 is 1.59 bits per heavy atom. The molecule has 3 aromatic carbocycles. The van der Waals surface area contributed by atoms with Crippen LogP contribution < -0.4 is 14.2 Å². The topological polar surface area (TPSA) is 77.4 Å². The Kier molecular flexibility index (Phi) is 6.84. The van der Waals surface area contributed by atoms with E-state index in [2.05, 4.69) is 5.10 Å². The van der Waals surface area contributed by atoms with Gasteiger partial charge in [0.1, 0.15) is 17.2 Å². The number of hydrogen-bond acceptors (Lipinski definition) is 6. The number of hydrogen-bond donors (Lipinski definition) is 0. The SMILES string of the molecule is COc1ccc([C@@H]2CC(c3ccc(OC)cc3OC(=O)c3ccc(Cl)cc3)=NN2C(C)=O)cc1. The zero-order valence-corrected chi connectivity index (χ0v) is 19.7. The highest BCUT2D eigenvalue weighted by atomic mass is 35.5. The lowest BCUT2D eigenvalue weighted by Gasteiger charge is -2.20. The van der Waals surface area contributed by atoms with Crippen LogP contribution >= 0.6 is 11.6 Å². The summed E-state index contributed by atoms with van der Waals surface area (Å²) < 4.78 is 16.3. The largest absolute Gasteiger partial charge is 0.497 e. The molecule has 0 N–H and O–H groups in total. The number of halogens is 1. The fourth-order valence-corrected chi connectivity index (χ4v) is 3.87. The molecule has 1 amide bonds. The molecule has 0 unspecified atom stereocenters. The molecular weight excluding hydrogens is 456 g/mol. The maximum atomic E-state index is 12.8. The number of methoxy groups -OCH3 is 2. The average molecular weight is 479 g/mol. The molecule has 4 rings (SSSR count).